The molecule has 2 aromatic rings. The minimum absolute atomic E-state index is 0.0976. The maximum absolute atomic E-state index is 12.5. The summed E-state index contributed by atoms with van der Waals surface area (Å²) in [5.74, 6) is -0.890. The van der Waals surface area contributed by atoms with E-state index in [1.807, 2.05) is 0 Å². The highest BCUT2D eigenvalue weighted by molar-refractivity contribution is 7.87. The zero-order chi connectivity index (χ0) is 24.3. The Bertz CT molecular complexity index is 1080. The van der Waals surface area contributed by atoms with Crippen molar-refractivity contribution in [1.82, 2.24) is 0 Å². The van der Waals surface area contributed by atoms with Gasteiger partial charge in [0.05, 0.1) is 35.2 Å². The maximum atomic E-state index is 12.5. The third kappa shape index (κ3) is 6.62. The minimum Gasteiger partial charge on any atom is -0.344 e. The van der Waals surface area contributed by atoms with E-state index in [-0.39, 0.29) is 35.8 Å². The Morgan fingerprint density at radius 1 is 0.727 bits per heavy atom. The lowest BCUT2D eigenvalue weighted by atomic mass is 10.1. The van der Waals surface area contributed by atoms with Crippen molar-refractivity contribution in [3.8, 4) is 0 Å². The van der Waals surface area contributed by atoms with Crippen LogP contribution in [0.25, 0.3) is 0 Å². The summed E-state index contributed by atoms with van der Waals surface area (Å²) < 4.78 is 72.2. The largest absolute Gasteiger partial charge is 0.344 e. The Kier molecular flexibility index (Phi) is 7.98. The van der Waals surface area contributed by atoms with Gasteiger partial charge in [-0.3, -0.25) is 8.37 Å². The molecule has 0 spiro atoms. The van der Waals surface area contributed by atoms with Gasteiger partial charge in [0.1, 0.15) is 0 Å². The fourth-order valence-corrected chi connectivity index (χ4v) is 6.05. The average Bonchev–Trinajstić information content (AvgIpc) is 3.01. The number of hydrogen-bond donors (Lipinski definition) is 0. The molecule has 1 aliphatic rings. The summed E-state index contributed by atoms with van der Waals surface area (Å²) in [5.41, 5.74) is 1.20. The highest BCUT2D eigenvalue weighted by atomic mass is 32.2. The third-order valence-electron chi connectivity index (χ3n) is 5.29. The predicted octanol–water partition coefficient (Wildman–Crippen LogP) is 3.71. The smallest absolute Gasteiger partial charge is 0.297 e. The molecule has 8 nitrogen and oxygen atoms in total. The fourth-order valence-electron chi connectivity index (χ4n) is 3.75. The van der Waals surface area contributed by atoms with Crippen LogP contribution in [0.3, 0.4) is 0 Å². The number of hydrogen-bond acceptors (Lipinski definition) is 8. The van der Waals surface area contributed by atoms with Crippen molar-refractivity contribution in [2.45, 2.75) is 68.3 Å². The van der Waals surface area contributed by atoms with Gasteiger partial charge in [-0.1, -0.05) is 36.4 Å². The molecule has 10 heteroatoms. The van der Waals surface area contributed by atoms with Crippen LogP contribution < -0.4 is 0 Å². The van der Waals surface area contributed by atoms with Gasteiger partial charge < -0.3 is 9.47 Å². The number of aryl methyl sites for hydroxylation is 2. The lowest BCUT2D eigenvalue weighted by Crippen LogP contribution is -2.26. The van der Waals surface area contributed by atoms with Crippen LogP contribution in [-0.2, 0) is 38.1 Å². The van der Waals surface area contributed by atoms with Crippen molar-refractivity contribution < 1.29 is 34.7 Å². The van der Waals surface area contributed by atoms with Gasteiger partial charge in [0.15, 0.2) is 5.79 Å². The van der Waals surface area contributed by atoms with E-state index in [9.17, 15) is 16.8 Å². The average molecular weight is 499 g/mol. The first-order chi connectivity index (χ1) is 15.4. The molecule has 1 aliphatic heterocycles. The Morgan fingerprint density at radius 2 is 1.09 bits per heavy atom. The van der Waals surface area contributed by atoms with Crippen molar-refractivity contribution in [3.63, 3.8) is 0 Å². The Labute approximate surface area is 196 Å². The van der Waals surface area contributed by atoms with Crippen LogP contribution >= 0.6 is 0 Å². The second-order valence-corrected chi connectivity index (χ2v) is 11.5. The van der Waals surface area contributed by atoms with Crippen LogP contribution in [0.15, 0.2) is 58.3 Å². The van der Waals surface area contributed by atoms with Gasteiger partial charge in [0.2, 0.25) is 0 Å². The van der Waals surface area contributed by atoms with Gasteiger partial charge >= 0.3 is 0 Å². The van der Waals surface area contributed by atoms with E-state index in [4.69, 9.17) is 17.8 Å². The van der Waals surface area contributed by atoms with Gasteiger partial charge in [-0.25, -0.2) is 0 Å². The van der Waals surface area contributed by atoms with Crippen molar-refractivity contribution in [2.24, 2.45) is 0 Å². The Morgan fingerprint density at radius 3 is 1.45 bits per heavy atom. The van der Waals surface area contributed by atoms with Crippen molar-refractivity contribution in [3.05, 3.63) is 59.7 Å². The molecular formula is C23H30O8S2. The van der Waals surface area contributed by atoms with Crippen molar-refractivity contribution in [2.75, 3.05) is 13.2 Å². The molecule has 33 heavy (non-hydrogen) atoms. The van der Waals surface area contributed by atoms with Gasteiger partial charge in [-0.15, -0.1) is 0 Å². The molecule has 2 aromatic carbocycles. The number of benzene rings is 2. The van der Waals surface area contributed by atoms with E-state index >= 15 is 0 Å². The summed E-state index contributed by atoms with van der Waals surface area (Å²) in [6, 6.07) is 13.2. The zero-order valence-electron chi connectivity index (χ0n) is 19.2. The molecule has 1 fully saturated rings. The molecular weight excluding hydrogens is 468 g/mol. The fraction of sp³-hybridized carbons (Fsp3) is 0.478. The molecule has 0 amide bonds. The van der Waals surface area contributed by atoms with Crippen molar-refractivity contribution in [1.29, 1.82) is 0 Å². The molecule has 0 radical (unpaired) electrons. The molecule has 1 saturated heterocycles. The minimum atomic E-state index is -3.90. The summed E-state index contributed by atoms with van der Waals surface area (Å²) >= 11 is 0. The summed E-state index contributed by atoms with van der Waals surface area (Å²) in [6.07, 6.45) is -0.443. The van der Waals surface area contributed by atoms with Gasteiger partial charge in [0, 0.05) is 12.8 Å². The van der Waals surface area contributed by atoms with E-state index in [1.165, 1.54) is 12.1 Å². The maximum Gasteiger partial charge on any atom is 0.297 e. The second-order valence-electron chi connectivity index (χ2n) is 8.37. The van der Waals surface area contributed by atoms with E-state index in [0.29, 0.717) is 11.1 Å². The predicted molar refractivity (Wildman–Crippen MR) is 122 cm³/mol. The van der Waals surface area contributed by atoms with Gasteiger partial charge in [-0.05, 0) is 51.0 Å². The highest BCUT2D eigenvalue weighted by Crippen LogP contribution is 2.32. The Hall–Kier alpha value is -1.82. The van der Waals surface area contributed by atoms with E-state index in [0.717, 1.165) is 0 Å². The van der Waals surface area contributed by atoms with E-state index in [2.05, 4.69) is 0 Å². The SMILES string of the molecule is Cc1ccccc1S(=O)(=O)OCCC1OC(C)(C)OC1CCOS(=O)(=O)c1ccccc1C. The second kappa shape index (κ2) is 10.2. The van der Waals surface area contributed by atoms with Crippen LogP contribution in [0, 0.1) is 13.8 Å². The van der Waals surface area contributed by atoms with Crippen molar-refractivity contribution >= 4 is 20.2 Å². The molecule has 0 saturated carbocycles. The lowest BCUT2D eigenvalue weighted by Gasteiger charge is -2.17. The van der Waals surface area contributed by atoms with Crippen LogP contribution in [0.5, 0.6) is 0 Å². The van der Waals surface area contributed by atoms with Crippen LogP contribution in [-0.4, -0.2) is 48.0 Å². The molecule has 2 atom stereocenters. The standard InChI is InChI=1S/C23H30O8S2/c1-17-9-5-7-11-21(17)32(24,25)28-15-13-19-20(31-23(3,4)30-19)14-16-29-33(26,27)22-12-8-6-10-18(22)2/h5-12,19-20H,13-16H2,1-4H3. The molecule has 2 unspecified atom stereocenters. The molecule has 0 aromatic heterocycles. The lowest BCUT2D eigenvalue weighted by molar-refractivity contribution is -0.147. The zero-order valence-corrected chi connectivity index (χ0v) is 20.8. The molecule has 0 bridgehead atoms. The molecule has 0 N–H and O–H groups in total. The first kappa shape index (κ1) is 25.8. The van der Waals surface area contributed by atoms with Crippen LogP contribution in [0.4, 0.5) is 0 Å². The molecule has 0 aliphatic carbocycles. The van der Waals surface area contributed by atoms with Crippen LogP contribution in [0.2, 0.25) is 0 Å². The first-order valence-corrected chi connectivity index (χ1v) is 13.5. The molecule has 3 rings (SSSR count). The Balaban J connectivity index is 1.57. The summed E-state index contributed by atoms with van der Waals surface area (Å²) in [5, 5.41) is 0. The van der Waals surface area contributed by atoms with E-state index in [1.54, 1.807) is 64.1 Å². The van der Waals surface area contributed by atoms with Crippen LogP contribution in [0.1, 0.15) is 37.8 Å². The quantitative estimate of drug-likeness (QED) is 0.457. The summed E-state index contributed by atoms with van der Waals surface area (Å²) in [6.45, 7) is 6.70. The normalized spacial score (nSPS) is 20.7. The third-order valence-corrected chi connectivity index (χ3v) is 8.24. The monoisotopic (exact) mass is 498 g/mol. The topological polar surface area (TPSA) is 105 Å². The number of ether oxygens (including phenoxy) is 2. The molecule has 1 heterocycles. The number of rotatable bonds is 10. The summed E-state index contributed by atoms with van der Waals surface area (Å²) in [7, 11) is -7.80. The summed E-state index contributed by atoms with van der Waals surface area (Å²) in [4.78, 5) is 0.251. The van der Waals surface area contributed by atoms with E-state index < -0.39 is 38.2 Å². The first-order valence-electron chi connectivity index (χ1n) is 10.7. The highest BCUT2D eigenvalue weighted by Gasteiger charge is 2.41. The van der Waals surface area contributed by atoms with Gasteiger partial charge in [-0.2, -0.15) is 16.8 Å². The van der Waals surface area contributed by atoms with Gasteiger partial charge in [0.25, 0.3) is 20.2 Å². The molecule has 182 valence electrons.